The summed E-state index contributed by atoms with van der Waals surface area (Å²) in [6.45, 7) is 0.857. The lowest BCUT2D eigenvalue weighted by molar-refractivity contribution is -0.129. The van der Waals surface area contributed by atoms with Gasteiger partial charge in [-0.25, -0.2) is 12.8 Å². The summed E-state index contributed by atoms with van der Waals surface area (Å²) in [5.41, 5.74) is 2.76. The molecule has 2 heterocycles. The monoisotopic (exact) mass is 350 g/mol. The number of amides is 1. The summed E-state index contributed by atoms with van der Waals surface area (Å²) in [7, 11) is -3.32. The van der Waals surface area contributed by atoms with Gasteiger partial charge in [-0.05, 0) is 43.9 Å². The molecule has 0 bridgehead atoms. The number of fused-ring (bicyclic) bond motifs is 3. The summed E-state index contributed by atoms with van der Waals surface area (Å²) in [5, 5.41) is 0.445. The van der Waals surface area contributed by atoms with Crippen LogP contribution < -0.4 is 0 Å². The van der Waals surface area contributed by atoms with Gasteiger partial charge in [0.25, 0.3) is 0 Å². The van der Waals surface area contributed by atoms with E-state index in [0.29, 0.717) is 25.9 Å². The van der Waals surface area contributed by atoms with Gasteiger partial charge < -0.3 is 9.88 Å². The van der Waals surface area contributed by atoms with Gasteiger partial charge in [-0.3, -0.25) is 4.79 Å². The highest BCUT2D eigenvalue weighted by molar-refractivity contribution is 7.93. The standard InChI is InChI=1S/C17H19FN2O3S/c18-11-3-6-16-13(8-11)14-9-20(7-1-2-15(14)19-16)17(21)10-24(22,23)12-4-5-12/h3,6,8,12,19H,1-2,4-5,7,9-10H2. The number of hydrogen-bond donors (Lipinski definition) is 1. The Labute approximate surface area is 139 Å². The molecule has 4 rings (SSSR count). The van der Waals surface area contributed by atoms with Crippen LogP contribution in [0.25, 0.3) is 10.9 Å². The maximum absolute atomic E-state index is 13.6. The van der Waals surface area contributed by atoms with E-state index in [-0.39, 0.29) is 17.0 Å². The SMILES string of the molecule is O=C(CS(=O)(=O)C1CC1)N1CCCc2[nH]c3ccc(F)cc3c2C1. The number of carbonyl (C=O) groups excluding carboxylic acids is 1. The Hall–Kier alpha value is -1.89. The Morgan fingerprint density at radius 1 is 1.33 bits per heavy atom. The number of benzene rings is 1. The molecule has 1 aliphatic carbocycles. The quantitative estimate of drug-likeness (QED) is 0.922. The van der Waals surface area contributed by atoms with Crippen LogP contribution in [0.1, 0.15) is 30.5 Å². The molecule has 0 atom stereocenters. The van der Waals surface area contributed by atoms with E-state index in [2.05, 4.69) is 4.98 Å². The van der Waals surface area contributed by atoms with Crippen molar-refractivity contribution in [2.75, 3.05) is 12.3 Å². The average molecular weight is 350 g/mol. The van der Waals surface area contributed by atoms with Crippen LogP contribution in [0, 0.1) is 5.82 Å². The Bertz CT molecular complexity index is 915. The van der Waals surface area contributed by atoms with Gasteiger partial charge in [0.2, 0.25) is 5.91 Å². The van der Waals surface area contributed by atoms with Crippen LogP contribution in [0.2, 0.25) is 0 Å². The third-order valence-electron chi connectivity index (χ3n) is 4.87. The van der Waals surface area contributed by atoms with Gasteiger partial charge in [-0.1, -0.05) is 0 Å². The molecule has 1 aromatic heterocycles. The van der Waals surface area contributed by atoms with Crippen LogP contribution >= 0.6 is 0 Å². The highest BCUT2D eigenvalue weighted by Gasteiger charge is 2.38. The predicted molar refractivity (Wildman–Crippen MR) is 88.8 cm³/mol. The van der Waals surface area contributed by atoms with E-state index < -0.39 is 15.6 Å². The van der Waals surface area contributed by atoms with Crippen molar-refractivity contribution in [2.45, 2.75) is 37.5 Å². The molecular formula is C17H19FN2O3S. The van der Waals surface area contributed by atoms with E-state index >= 15 is 0 Å². The second-order valence-electron chi connectivity index (χ2n) is 6.70. The van der Waals surface area contributed by atoms with Crippen LogP contribution in [-0.4, -0.2) is 41.8 Å². The molecule has 7 heteroatoms. The summed E-state index contributed by atoms with van der Waals surface area (Å²) in [4.78, 5) is 17.4. The molecule has 0 saturated heterocycles. The fourth-order valence-electron chi connectivity index (χ4n) is 3.41. The summed E-state index contributed by atoms with van der Waals surface area (Å²) >= 11 is 0. The van der Waals surface area contributed by atoms with Crippen molar-refractivity contribution in [3.63, 3.8) is 0 Å². The van der Waals surface area contributed by atoms with Gasteiger partial charge in [-0.15, -0.1) is 0 Å². The van der Waals surface area contributed by atoms with Crippen molar-refractivity contribution < 1.29 is 17.6 Å². The van der Waals surface area contributed by atoms with E-state index in [4.69, 9.17) is 0 Å². The smallest absolute Gasteiger partial charge is 0.238 e. The molecule has 1 N–H and O–H groups in total. The zero-order valence-electron chi connectivity index (χ0n) is 13.2. The molecule has 1 aliphatic heterocycles. The Kier molecular flexibility index (Phi) is 3.63. The number of hydrogen-bond acceptors (Lipinski definition) is 3. The first-order chi connectivity index (χ1) is 11.4. The molecule has 1 saturated carbocycles. The number of sulfone groups is 1. The second-order valence-corrected chi connectivity index (χ2v) is 8.98. The van der Waals surface area contributed by atoms with Crippen LogP contribution in [0.4, 0.5) is 4.39 Å². The Balaban J connectivity index is 1.62. The number of aryl methyl sites for hydroxylation is 1. The van der Waals surface area contributed by atoms with E-state index in [1.54, 1.807) is 11.0 Å². The number of halogens is 1. The van der Waals surface area contributed by atoms with Crippen molar-refractivity contribution in [1.82, 2.24) is 9.88 Å². The fraction of sp³-hybridized carbons (Fsp3) is 0.471. The Morgan fingerprint density at radius 2 is 2.12 bits per heavy atom. The molecule has 2 aromatic rings. The number of rotatable bonds is 3. The molecule has 0 spiro atoms. The second kappa shape index (κ2) is 5.58. The molecule has 24 heavy (non-hydrogen) atoms. The lowest BCUT2D eigenvalue weighted by Gasteiger charge is -2.20. The van der Waals surface area contributed by atoms with E-state index in [1.807, 2.05) is 0 Å². The molecule has 128 valence electrons. The summed E-state index contributed by atoms with van der Waals surface area (Å²) in [5.74, 6) is -1.08. The first-order valence-electron chi connectivity index (χ1n) is 8.22. The third-order valence-corrected chi connectivity index (χ3v) is 7.01. The highest BCUT2D eigenvalue weighted by atomic mass is 32.2. The largest absolute Gasteiger partial charge is 0.358 e. The minimum absolute atomic E-state index is 0.317. The van der Waals surface area contributed by atoms with Gasteiger partial charge in [0.1, 0.15) is 11.6 Å². The first kappa shape index (κ1) is 15.6. The van der Waals surface area contributed by atoms with Crippen molar-refractivity contribution in [2.24, 2.45) is 0 Å². The number of nitrogens with one attached hydrogen (secondary N) is 1. The number of carbonyl (C=O) groups is 1. The molecule has 5 nitrogen and oxygen atoms in total. The summed E-state index contributed by atoms with van der Waals surface area (Å²) < 4.78 is 37.7. The van der Waals surface area contributed by atoms with Crippen molar-refractivity contribution in [3.05, 3.63) is 35.3 Å². The number of H-pyrrole nitrogens is 1. The van der Waals surface area contributed by atoms with Crippen molar-refractivity contribution in [3.8, 4) is 0 Å². The lowest BCUT2D eigenvalue weighted by atomic mass is 10.1. The summed E-state index contributed by atoms with van der Waals surface area (Å²) in [6.07, 6.45) is 2.87. The third kappa shape index (κ3) is 2.81. The molecule has 2 aliphatic rings. The molecule has 1 aromatic carbocycles. The minimum atomic E-state index is -3.32. The normalized spacial score (nSPS) is 18.5. The van der Waals surface area contributed by atoms with Crippen LogP contribution in [0.5, 0.6) is 0 Å². The number of aromatic nitrogens is 1. The van der Waals surface area contributed by atoms with Gasteiger partial charge in [0.15, 0.2) is 9.84 Å². The van der Waals surface area contributed by atoms with E-state index in [9.17, 15) is 17.6 Å². The zero-order chi connectivity index (χ0) is 16.9. The van der Waals surface area contributed by atoms with Crippen LogP contribution in [-0.2, 0) is 27.6 Å². The highest BCUT2D eigenvalue weighted by Crippen LogP contribution is 2.30. The van der Waals surface area contributed by atoms with Gasteiger partial charge in [-0.2, -0.15) is 0 Å². The average Bonchev–Trinajstić information content (AvgIpc) is 3.33. The van der Waals surface area contributed by atoms with E-state index in [0.717, 1.165) is 35.0 Å². The van der Waals surface area contributed by atoms with Crippen LogP contribution in [0.3, 0.4) is 0 Å². The van der Waals surface area contributed by atoms with Crippen molar-refractivity contribution >= 4 is 26.6 Å². The topological polar surface area (TPSA) is 70.2 Å². The Morgan fingerprint density at radius 3 is 2.88 bits per heavy atom. The maximum Gasteiger partial charge on any atom is 0.238 e. The van der Waals surface area contributed by atoms with E-state index in [1.165, 1.54) is 12.1 Å². The molecular weight excluding hydrogens is 331 g/mol. The van der Waals surface area contributed by atoms with Gasteiger partial charge in [0, 0.05) is 35.2 Å². The zero-order valence-corrected chi connectivity index (χ0v) is 14.0. The minimum Gasteiger partial charge on any atom is -0.358 e. The summed E-state index contributed by atoms with van der Waals surface area (Å²) in [6, 6.07) is 4.58. The molecule has 0 radical (unpaired) electrons. The van der Waals surface area contributed by atoms with Gasteiger partial charge >= 0.3 is 0 Å². The van der Waals surface area contributed by atoms with Crippen molar-refractivity contribution in [1.29, 1.82) is 0 Å². The van der Waals surface area contributed by atoms with Crippen LogP contribution in [0.15, 0.2) is 18.2 Å². The lowest BCUT2D eigenvalue weighted by Crippen LogP contribution is -2.36. The maximum atomic E-state index is 13.6. The first-order valence-corrected chi connectivity index (χ1v) is 9.94. The molecule has 0 unspecified atom stereocenters. The number of aromatic amines is 1. The number of nitrogens with zero attached hydrogens (tertiary/aromatic N) is 1. The predicted octanol–water partition coefficient (Wildman–Crippen LogP) is 2.16. The van der Waals surface area contributed by atoms with Gasteiger partial charge in [0.05, 0.1) is 5.25 Å². The molecule has 1 fully saturated rings. The molecule has 1 amide bonds. The fourth-order valence-corrected chi connectivity index (χ4v) is 5.02.